The van der Waals surface area contributed by atoms with Crippen LogP contribution in [0.2, 0.25) is 0 Å². The molecule has 4 aliphatic carbocycles. The van der Waals surface area contributed by atoms with Crippen LogP contribution in [-0.2, 0) is 4.74 Å². The molecule has 4 bridgehead atoms. The number of aliphatic hydroxyl groups is 2. The Kier molecular flexibility index (Phi) is 5.50. The van der Waals surface area contributed by atoms with Gasteiger partial charge in [-0.05, 0) is 68.4 Å². The zero-order valence-electron chi connectivity index (χ0n) is 19.8. The first-order valence-corrected chi connectivity index (χ1v) is 13.8. The van der Waals surface area contributed by atoms with Crippen LogP contribution < -0.4 is 5.32 Å². The highest BCUT2D eigenvalue weighted by Crippen LogP contribution is 2.56. The Bertz CT molecular complexity index is 1250. The van der Waals surface area contributed by atoms with Gasteiger partial charge in [-0.2, -0.15) is 0 Å². The summed E-state index contributed by atoms with van der Waals surface area (Å²) in [4.78, 5) is 14.1. The molecule has 36 heavy (non-hydrogen) atoms. The second-order valence-electron chi connectivity index (χ2n) is 11.2. The summed E-state index contributed by atoms with van der Waals surface area (Å²) < 4.78 is 21.8. The Morgan fingerprint density at radius 1 is 1.03 bits per heavy atom. The molecule has 8 nitrogen and oxygen atoms in total. The molecule has 0 radical (unpaired) electrons. The fourth-order valence-electron chi connectivity index (χ4n) is 7.47. The number of rotatable bonds is 6. The number of ether oxygens (including phenoxy) is 1. The van der Waals surface area contributed by atoms with E-state index < -0.39 is 24.5 Å². The predicted molar refractivity (Wildman–Crippen MR) is 133 cm³/mol. The smallest absolute Gasteiger partial charge is 0.167 e. The second kappa shape index (κ2) is 8.65. The number of hydrogen-bond acceptors (Lipinski definition) is 8. The summed E-state index contributed by atoms with van der Waals surface area (Å²) in [5.74, 6) is 3.13. The van der Waals surface area contributed by atoms with E-state index >= 15 is 0 Å². The molecule has 1 aliphatic heterocycles. The number of thioether (sulfide) groups is 1. The van der Waals surface area contributed by atoms with Gasteiger partial charge in [0, 0.05) is 16.2 Å². The maximum Gasteiger partial charge on any atom is 0.167 e. The van der Waals surface area contributed by atoms with Gasteiger partial charge >= 0.3 is 0 Å². The summed E-state index contributed by atoms with van der Waals surface area (Å²) >= 11 is 1.25. The van der Waals surface area contributed by atoms with Crippen molar-refractivity contribution in [1.29, 1.82) is 0 Å². The molecule has 190 valence electrons. The van der Waals surface area contributed by atoms with Crippen LogP contribution in [0.5, 0.6) is 0 Å². The number of aliphatic hydroxyl groups excluding tert-OH is 2. The molecular weight excluding hydrogens is 481 g/mol. The van der Waals surface area contributed by atoms with Gasteiger partial charge in [-0.3, -0.25) is 4.57 Å². The fourth-order valence-corrected chi connectivity index (χ4v) is 8.48. The van der Waals surface area contributed by atoms with E-state index in [1.165, 1.54) is 62.7 Å². The Labute approximate surface area is 212 Å². The fraction of sp³-hybridized carbons (Fsp3) is 0.577. The maximum absolute atomic E-state index is 14.0. The van der Waals surface area contributed by atoms with Crippen LogP contribution in [0.1, 0.15) is 44.8 Å². The molecule has 5 fully saturated rings. The van der Waals surface area contributed by atoms with Crippen LogP contribution in [0.3, 0.4) is 0 Å². The molecule has 4 saturated carbocycles. The topological polar surface area (TPSA) is 105 Å². The van der Waals surface area contributed by atoms with Crippen LogP contribution in [0.25, 0.3) is 11.2 Å². The van der Waals surface area contributed by atoms with Gasteiger partial charge in [0.2, 0.25) is 0 Å². The van der Waals surface area contributed by atoms with Gasteiger partial charge < -0.3 is 20.3 Å². The minimum atomic E-state index is -1.16. The zero-order valence-corrected chi connectivity index (χ0v) is 20.6. The summed E-state index contributed by atoms with van der Waals surface area (Å²) in [6.45, 7) is 0. The van der Waals surface area contributed by atoms with Crippen LogP contribution in [0.4, 0.5) is 10.2 Å². The first-order chi connectivity index (χ1) is 17.5. The molecule has 5 aliphatic rings. The van der Waals surface area contributed by atoms with Crippen molar-refractivity contribution in [3.8, 4) is 0 Å². The van der Waals surface area contributed by atoms with Crippen molar-refractivity contribution in [1.82, 2.24) is 19.5 Å². The number of anilines is 1. The van der Waals surface area contributed by atoms with Gasteiger partial charge in [-0.1, -0.05) is 12.1 Å². The lowest BCUT2D eigenvalue weighted by Crippen LogP contribution is -2.54. The third kappa shape index (κ3) is 3.81. The summed E-state index contributed by atoms with van der Waals surface area (Å²) in [5, 5.41) is 25.3. The normalized spacial score (nSPS) is 37.1. The van der Waals surface area contributed by atoms with Crippen molar-refractivity contribution >= 4 is 28.7 Å². The standard InChI is InChI=1S/C26H30FN5O3S/c27-17-3-1-2-4-19(17)36-11-18-21(33)22(34)25(35-18)32-13-30-20-23(28-12-29-24(20)32)31-26-8-14-5-15(9-26)7-16(6-14)10-26/h1-4,12-16,18,21-22,25,33-34H,5-11H2,(H,28,29,31)/t14?,15?,16?,18-,21-,22-,25-,26?/m1/s1. The number of fused-ring (bicyclic) bond motifs is 1. The average Bonchev–Trinajstić information content (AvgIpc) is 3.39. The molecule has 0 amide bonds. The monoisotopic (exact) mass is 511 g/mol. The Morgan fingerprint density at radius 3 is 2.47 bits per heavy atom. The lowest BCUT2D eigenvalue weighted by molar-refractivity contribution is -0.0289. The number of nitrogens with one attached hydrogen (secondary N) is 1. The first kappa shape index (κ1) is 22.9. The van der Waals surface area contributed by atoms with E-state index in [0.717, 1.165) is 23.6 Å². The average molecular weight is 512 g/mol. The van der Waals surface area contributed by atoms with Crippen molar-refractivity contribution in [2.75, 3.05) is 11.1 Å². The molecule has 4 atom stereocenters. The van der Waals surface area contributed by atoms with Gasteiger partial charge in [0.1, 0.15) is 24.4 Å². The molecule has 1 saturated heterocycles. The lowest BCUT2D eigenvalue weighted by atomic mass is 9.53. The summed E-state index contributed by atoms with van der Waals surface area (Å²) in [6, 6.07) is 6.49. The van der Waals surface area contributed by atoms with E-state index in [1.54, 1.807) is 29.1 Å². The number of halogens is 1. The van der Waals surface area contributed by atoms with Gasteiger partial charge in [0.25, 0.3) is 0 Å². The van der Waals surface area contributed by atoms with Crippen molar-refractivity contribution in [3.63, 3.8) is 0 Å². The number of imidazole rings is 1. The van der Waals surface area contributed by atoms with Gasteiger partial charge in [0.15, 0.2) is 23.2 Å². The first-order valence-electron chi connectivity index (χ1n) is 12.8. The molecule has 3 heterocycles. The number of benzene rings is 1. The quantitative estimate of drug-likeness (QED) is 0.430. The molecule has 1 aromatic carbocycles. The van der Waals surface area contributed by atoms with E-state index in [1.807, 2.05) is 0 Å². The third-order valence-corrected chi connectivity index (χ3v) is 9.77. The molecule has 8 rings (SSSR count). The van der Waals surface area contributed by atoms with Crippen LogP contribution in [0, 0.1) is 23.6 Å². The van der Waals surface area contributed by atoms with Crippen molar-refractivity contribution in [2.24, 2.45) is 17.8 Å². The molecule has 3 N–H and O–H groups in total. The minimum Gasteiger partial charge on any atom is -0.387 e. The summed E-state index contributed by atoms with van der Waals surface area (Å²) in [7, 11) is 0. The Balaban J connectivity index is 1.12. The highest BCUT2D eigenvalue weighted by Gasteiger charge is 2.51. The lowest BCUT2D eigenvalue weighted by Gasteiger charge is -2.57. The van der Waals surface area contributed by atoms with E-state index in [0.29, 0.717) is 21.8 Å². The highest BCUT2D eigenvalue weighted by atomic mass is 32.2. The molecule has 2 aromatic heterocycles. The SMILES string of the molecule is O[C@@H]1[C@H](O)[C@@H](CSc2ccccc2F)O[C@H]1n1cnc2c(NC34CC5CC(CC(C5)C3)C4)ncnc21. The van der Waals surface area contributed by atoms with Crippen molar-refractivity contribution in [2.45, 2.75) is 73.5 Å². The minimum absolute atomic E-state index is 0.0778. The molecule has 10 heteroatoms. The largest absolute Gasteiger partial charge is 0.387 e. The molecule has 0 unspecified atom stereocenters. The third-order valence-electron chi connectivity index (χ3n) is 8.63. The van der Waals surface area contributed by atoms with E-state index in [4.69, 9.17) is 4.74 Å². The summed E-state index contributed by atoms with van der Waals surface area (Å²) in [6.07, 6.45) is 6.97. The Morgan fingerprint density at radius 2 is 1.75 bits per heavy atom. The zero-order chi connectivity index (χ0) is 24.4. The van der Waals surface area contributed by atoms with Crippen LogP contribution >= 0.6 is 11.8 Å². The Hall–Kier alpha value is -2.27. The van der Waals surface area contributed by atoms with Crippen molar-refractivity contribution in [3.05, 3.63) is 42.7 Å². The van der Waals surface area contributed by atoms with E-state index in [9.17, 15) is 14.6 Å². The summed E-state index contributed by atoms with van der Waals surface area (Å²) in [5.41, 5.74) is 1.27. The van der Waals surface area contributed by atoms with E-state index in [2.05, 4.69) is 20.3 Å². The van der Waals surface area contributed by atoms with Gasteiger partial charge in [0.05, 0.1) is 12.4 Å². The number of aromatic nitrogens is 4. The van der Waals surface area contributed by atoms with Gasteiger partial charge in [-0.25, -0.2) is 19.3 Å². The van der Waals surface area contributed by atoms with Crippen LogP contribution in [-0.4, -0.2) is 59.3 Å². The van der Waals surface area contributed by atoms with E-state index in [-0.39, 0.29) is 11.4 Å². The number of nitrogens with zero attached hydrogens (tertiary/aromatic N) is 4. The molecule has 3 aromatic rings. The second-order valence-corrected chi connectivity index (χ2v) is 12.2. The maximum atomic E-state index is 14.0. The molecular formula is C26H30FN5O3S. The molecule has 0 spiro atoms. The van der Waals surface area contributed by atoms with Gasteiger partial charge in [-0.15, -0.1) is 11.8 Å². The highest BCUT2D eigenvalue weighted by molar-refractivity contribution is 7.99. The predicted octanol–water partition coefficient (Wildman–Crippen LogP) is 3.76. The number of hydrogen-bond donors (Lipinski definition) is 3. The van der Waals surface area contributed by atoms with Crippen molar-refractivity contribution < 1.29 is 19.3 Å². The van der Waals surface area contributed by atoms with Crippen LogP contribution in [0.15, 0.2) is 41.8 Å².